The van der Waals surface area contributed by atoms with E-state index < -0.39 is 11.2 Å². The number of methoxy groups -OCH3 is 1. The van der Waals surface area contributed by atoms with Gasteiger partial charge in [-0.15, -0.1) is 0 Å². The molecule has 0 aliphatic carbocycles. The number of anilines is 2. The molecule has 1 atom stereocenters. The summed E-state index contributed by atoms with van der Waals surface area (Å²) in [6, 6.07) is -0.0848. The van der Waals surface area contributed by atoms with Crippen LogP contribution in [-0.2, 0) is 11.3 Å². The average Bonchev–Trinajstić information content (AvgIpc) is 2.30. The average molecular weight is 270 g/mol. The standard InChI is InChI=1S/C12H22N4O3/c1-7(2)5-16-10(13)9(11(17)15-12(16)18)14-8(3)6-19-4/h7-8,14H,5-6,13H2,1-4H3,(H,15,17,18). The molecule has 1 aromatic heterocycles. The van der Waals surface area contributed by atoms with Gasteiger partial charge in [-0.1, -0.05) is 13.8 Å². The Morgan fingerprint density at radius 3 is 2.53 bits per heavy atom. The number of nitrogens with zero attached hydrogens (tertiary/aromatic N) is 1. The summed E-state index contributed by atoms with van der Waals surface area (Å²) in [5.74, 6) is 0.403. The molecule has 4 N–H and O–H groups in total. The summed E-state index contributed by atoms with van der Waals surface area (Å²) in [6.07, 6.45) is 0. The fourth-order valence-electron chi connectivity index (χ4n) is 1.81. The maximum absolute atomic E-state index is 11.8. The topological polar surface area (TPSA) is 102 Å². The molecule has 0 aliphatic rings. The second-order valence-corrected chi connectivity index (χ2v) is 5.02. The van der Waals surface area contributed by atoms with Crippen molar-refractivity contribution in [3.63, 3.8) is 0 Å². The van der Waals surface area contributed by atoms with Crippen LogP contribution in [0.3, 0.4) is 0 Å². The molecule has 1 rings (SSSR count). The molecule has 0 aromatic carbocycles. The summed E-state index contributed by atoms with van der Waals surface area (Å²) in [5, 5.41) is 2.97. The molecule has 0 saturated carbocycles. The van der Waals surface area contributed by atoms with E-state index >= 15 is 0 Å². The van der Waals surface area contributed by atoms with Gasteiger partial charge in [0.1, 0.15) is 11.5 Å². The quantitative estimate of drug-likeness (QED) is 0.686. The summed E-state index contributed by atoms with van der Waals surface area (Å²) in [4.78, 5) is 25.8. The lowest BCUT2D eigenvalue weighted by Crippen LogP contribution is -2.36. The smallest absolute Gasteiger partial charge is 0.330 e. The Bertz CT molecular complexity index is 533. The molecular weight excluding hydrogens is 248 g/mol. The van der Waals surface area contributed by atoms with Crippen LogP contribution in [0.1, 0.15) is 20.8 Å². The van der Waals surface area contributed by atoms with E-state index in [0.717, 1.165) is 0 Å². The maximum atomic E-state index is 11.8. The van der Waals surface area contributed by atoms with Crippen LogP contribution in [0.5, 0.6) is 0 Å². The van der Waals surface area contributed by atoms with Crippen LogP contribution in [0.15, 0.2) is 9.59 Å². The van der Waals surface area contributed by atoms with E-state index in [1.54, 1.807) is 7.11 Å². The van der Waals surface area contributed by atoms with Gasteiger partial charge in [0.05, 0.1) is 6.61 Å². The van der Waals surface area contributed by atoms with Crippen molar-refractivity contribution in [1.29, 1.82) is 0 Å². The molecule has 0 bridgehead atoms. The summed E-state index contributed by atoms with van der Waals surface area (Å²) in [7, 11) is 1.57. The first-order valence-electron chi connectivity index (χ1n) is 6.24. The predicted octanol–water partition coefficient (Wildman–Crippen LogP) is 0.222. The van der Waals surface area contributed by atoms with Crippen LogP contribution in [-0.4, -0.2) is 29.3 Å². The van der Waals surface area contributed by atoms with Gasteiger partial charge in [0.15, 0.2) is 0 Å². The number of hydrogen-bond acceptors (Lipinski definition) is 5. The van der Waals surface area contributed by atoms with Crippen molar-refractivity contribution in [2.45, 2.75) is 33.4 Å². The summed E-state index contributed by atoms with van der Waals surface area (Å²) in [5.41, 5.74) is 5.14. The van der Waals surface area contributed by atoms with E-state index in [-0.39, 0.29) is 23.5 Å². The van der Waals surface area contributed by atoms with Gasteiger partial charge in [0.25, 0.3) is 5.56 Å². The van der Waals surface area contributed by atoms with Gasteiger partial charge in [0.2, 0.25) is 0 Å². The van der Waals surface area contributed by atoms with E-state index in [2.05, 4.69) is 10.3 Å². The van der Waals surface area contributed by atoms with Crippen LogP contribution in [0, 0.1) is 5.92 Å². The van der Waals surface area contributed by atoms with Crippen LogP contribution in [0.4, 0.5) is 11.5 Å². The highest BCUT2D eigenvalue weighted by Crippen LogP contribution is 2.12. The molecule has 108 valence electrons. The number of aromatic amines is 1. The zero-order chi connectivity index (χ0) is 14.6. The third kappa shape index (κ3) is 3.85. The lowest BCUT2D eigenvalue weighted by Gasteiger charge is -2.18. The Morgan fingerprint density at radius 1 is 1.37 bits per heavy atom. The fourth-order valence-corrected chi connectivity index (χ4v) is 1.81. The molecule has 7 nitrogen and oxygen atoms in total. The van der Waals surface area contributed by atoms with Gasteiger partial charge in [-0.2, -0.15) is 0 Å². The molecule has 0 fully saturated rings. The second-order valence-electron chi connectivity index (χ2n) is 5.02. The van der Waals surface area contributed by atoms with E-state index in [9.17, 15) is 9.59 Å². The fraction of sp³-hybridized carbons (Fsp3) is 0.667. The molecule has 0 radical (unpaired) electrons. The van der Waals surface area contributed by atoms with Crippen molar-refractivity contribution in [2.24, 2.45) is 5.92 Å². The lowest BCUT2D eigenvalue weighted by molar-refractivity contribution is 0.190. The molecule has 0 saturated heterocycles. The van der Waals surface area contributed by atoms with Gasteiger partial charge in [0, 0.05) is 19.7 Å². The predicted molar refractivity (Wildman–Crippen MR) is 75.5 cm³/mol. The second kappa shape index (κ2) is 6.42. The number of aromatic nitrogens is 2. The van der Waals surface area contributed by atoms with Crippen molar-refractivity contribution in [3.05, 3.63) is 20.8 Å². The first kappa shape index (κ1) is 15.3. The zero-order valence-corrected chi connectivity index (χ0v) is 11.8. The van der Waals surface area contributed by atoms with Crippen LogP contribution >= 0.6 is 0 Å². The Hall–Kier alpha value is -1.76. The molecule has 19 heavy (non-hydrogen) atoms. The van der Waals surface area contributed by atoms with Crippen molar-refractivity contribution >= 4 is 11.5 Å². The van der Waals surface area contributed by atoms with Crippen LogP contribution in [0.2, 0.25) is 0 Å². The minimum Gasteiger partial charge on any atom is -0.383 e. The highest BCUT2D eigenvalue weighted by Gasteiger charge is 2.14. The van der Waals surface area contributed by atoms with Crippen LogP contribution in [0.25, 0.3) is 0 Å². The number of nitrogens with one attached hydrogen (secondary N) is 2. The summed E-state index contributed by atoms with van der Waals surface area (Å²) in [6.45, 7) is 6.69. The van der Waals surface area contributed by atoms with E-state index in [1.165, 1.54) is 4.57 Å². The lowest BCUT2D eigenvalue weighted by atomic mass is 10.2. The third-order valence-electron chi connectivity index (χ3n) is 2.59. The number of nitrogens with two attached hydrogens (primary N) is 1. The first-order valence-corrected chi connectivity index (χ1v) is 6.24. The molecule has 1 unspecified atom stereocenters. The summed E-state index contributed by atoms with van der Waals surface area (Å²) >= 11 is 0. The number of nitrogen functional groups attached to an aromatic ring is 1. The van der Waals surface area contributed by atoms with E-state index in [4.69, 9.17) is 10.5 Å². The zero-order valence-electron chi connectivity index (χ0n) is 11.8. The number of H-pyrrole nitrogens is 1. The number of hydrogen-bond donors (Lipinski definition) is 3. The monoisotopic (exact) mass is 270 g/mol. The molecule has 1 heterocycles. The Balaban J connectivity index is 3.17. The van der Waals surface area contributed by atoms with E-state index in [0.29, 0.717) is 13.2 Å². The largest absolute Gasteiger partial charge is 0.383 e. The van der Waals surface area contributed by atoms with Gasteiger partial charge in [-0.25, -0.2) is 4.79 Å². The number of ether oxygens (including phenoxy) is 1. The number of rotatable bonds is 6. The third-order valence-corrected chi connectivity index (χ3v) is 2.59. The Morgan fingerprint density at radius 2 is 2.00 bits per heavy atom. The minimum atomic E-state index is -0.509. The van der Waals surface area contributed by atoms with Crippen molar-refractivity contribution in [2.75, 3.05) is 24.8 Å². The first-order chi connectivity index (χ1) is 8.86. The van der Waals surface area contributed by atoms with Gasteiger partial charge >= 0.3 is 5.69 Å². The molecule has 7 heteroatoms. The molecule has 0 aliphatic heterocycles. The molecule has 0 amide bonds. The molecule has 0 spiro atoms. The highest BCUT2D eigenvalue weighted by molar-refractivity contribution is 5.60. The van der Waals surface area contributed by atoms with Crippen molar-refractivity contribution in [1.82, 2.24) is 9.55 Å². The van der Waals surface area contributed by atoms with Crippen molar-refractivity contribution in [3.8, 4) is 0 Å². The van der Waals surface area contributed by atoms with Gasteiger partial charge in [-0.3, -0.25) is 14.3 Å². The Labute approximate surface area is 111 Å². The van der Waals surface area contributed by atoms with Gasteiger partial charge < -0.3 is 15.8 Å². The highest BCUT2D eigenvalue weighted by atomic mass is 16.5. The van der Waals surface area contributed by atoms with Gasteiger partial charge in [-0.05, 0) is 12.8 Å². The van der Waals surface area contributed by atoms with Crippen molar-refractivity contribution < 1.29 is 4.74 Å². The van der Waals surface area contributed by atoms with E-state index in [1.807, 2.05) is 20.8 Å². The van der Waals surface area contributed by atoms with Crippen LogP contribution < -0.4 is 22.3 Å². The normalized spacial score (nSPS) is 12.7. The molecule has 1 aromatic rings. The Kier molecular flexibility index (Phi) is 5.17. The maximum Gasteiger partial charge on any atom is 0.330 e. The molecular formula is C12H22N4O3. The minimum absolute atomic E-state index is 0.0848. The summed E-state index contributed by atoms with van der Waals surface area (Å²) < 4.78 is 6.36. The SMILES string of the molecule is COCC(C)Nc1c(N)n(CC(C)C)c(=O)[nH]c1=O.